The molecule has 0 radical (unpaired) electrons. The molecule has 1 unspecified atom stereocenters. The largest absolute Gasteiger partial charge is 0.467 e. The summed E-state index contributed by atoms with van der Waals surface area (Å²) >= 11 is 0. The van der Waals surface area contributed by atoms with E-state index in [-0.39, 0.29) is 29.1 Å². The lowest BCUT2D eigenvalue weighted by atomic mass is 9.48. The maximum atomic E-state index is 13.8. The number of fused-ring (bicyclic) bond motifs is 5. The summed E-state index contributed by atoms with van der Waals surface area (Å²) in [6, 6.07) is 3.67. The number of furan rings is 1. The van der Waals surface area contributed by atoms with E-state index in [1.165, 1.54) is 5.57 Å². The molecule has 6 rings (SSSR count). The highest BCUT2D eigenvalue weighted by atomic mass is 16.3. The zero-order valence-corrected chi connectivity index (χ0v) is 17.4. The van der Waals surface area contributed by atoms with Crippen molar-refractivity contribution in [3.63, 3.8) is 0 Å². The average Bonchev–Trinajstić information content (AvgIpc) is 3.36. The smallest absolute Gasteiger partial charge is 0.224 e. The number of amides is 1. The standard InChI is InChI=1S/C25H29NO4/c1-14-11-24-13-25(14,29)8-7-18(24)17-6-5-15-10-19(27)23(15,2)20(17)21(24)22(28)26-12-16-4-3-9-30-16/h3-4,6,9,15,18,20-21,29H,1,5,7-8,10-13H2,2H3,(H,26,28)/t15-,18+,20?,21-,23+,24+,25+/m1/s1. The van der Waals surface area contributed by atoms with Crippen LogP contribution in [0.5, 0.6) is 0 Å². The highest BCUT2D eigenvalue weighted by molar-refractivity contribution is 5.94. The summed E-state index contributed by atoms with van der Waals surface area (Å²) < 4.78 is 5.40. The number of hydrogen-bond acceptors (Lipinski definition) is 4. The number of carbonyl (C=O) groups excluding carboxylic acids is 2. The van der Waals surface area contributed by atoms with Gasteiger partial charge >= 0.3 is 0 Å². The zero-order valence-electron chi connectivity index (χ0n) is 17.4. The molecular formula is C25H29NO4. The first-order valence-corrected chi connectivity index (χ1v) is 11.2. The summed E-state index contributed by atoms with van der Waals surface area (Å²) in [5.41, 5.74) is 0.534. The summed E-state index contributed by atoms with van der Waals surface area (Å²) in [7, 11) is 0. The third-order valence-corrected chi connectivity index (χ3v) is 9.54. The van der Waals surface area contributed by atoms with Crippen LogP contribution in [0.4, 0.5) is 0 Å². The van der Waals surface area contributed by atoms with Crippen LogP contribution in [-0.4, -0.2) is 22.4 Å². The molecule has 158 valence electrons. The Bertz CT molecular complexity index is 993. The van der Waals surface area contributed by atoms with Crippen LogP contribution in [0.1, 0.15) is 51.2 Å². The molecule has 4 saturated carbocycles. The second-order valence-corrected chi connectivity index (χ2v) is 10.6. The molecule has 7 atom stereocenters. The van der Waals surface area contributed by atoms with Crippen molar-refractivity contribution in [1.82, 2.24) is 5.32 Å². The molecule has 1 spiro atoms. The van der Waals surface area contributed by atoms with Gasteiger partial charge in [-0.1, -0.05) is 25.2 Å². The summed E-state index contributed by atoms with van der Waals surface area (Å²) in [5.74, 6) is 1.22. The number of rotatable bonds is 3. The van der Waals surface area contributed by atoms with Crippen molar-refractivity contribution in [3.8, 4) is 0 Å². The van der Waals surface area contributed by atoms with Gasteiger partial charge in [-0.3, -0.25) is 9.59 Å². The first kappa shape index (κ1) is 18.6. The van der Waals surface area contributed by atoms with Crippen LogP contribution in [0.3, 0.4) is 0 Å². The third-order valence-electron chi connectivity index (χ3n) is 9.54. The fourth-order valence-electron chi connectivity index (χ4n) is 8.01. The first-order valence-electron chi connectivity index (χ1n) is 11.2. The number of carbonyl (C=O) groups is 2. The van der Waals surface area contributed by atoms with Crippen molar-refractivity contribution in [1.29, 1.82) is 0 Å². The van der Waals surface area contributed by atoms with E-state index < -0.39 is 11.0 Å². The van der Waals surface area contributed by atoms with E-state index in [1.807, 2.05) is 12.1 Å². The minimum Gasteiger partial charge on any atom is -0.467 e. The lowest BCUT2D eigenvalue weighted by Gasteiger charge is -2.54. The molecule has 4 fully saturated rings. The quantitative estimate of drug-likeness (QED) is 0.751. The van der Waals surface area contributed by atoms with Crippen molar-refractivity contribution in [2.24, 2.45) is 34.5 Å². The Labute approximate surface area is 176 Å². The fraction of sp³-hybridized carbons (Fsp3) is 0.600. The molecule has 1 amide bonds. The van der Waals surface area contributed by atoms with E-state index in [2.05, 4.69) is 24.9 Å². The Morgan fingerprint density at radius 1 is 1.43 bits per heavy atom. The van der Waals surface area contributed by atoms with Crippen LogP contribution in [0.15, 0.2) is 46.6 Å². The van der Waals surface area contributed by atoms with E-state index in [1.54, 1.807) is 6.26 Å². The second-order valence-electron chi connectivity index (χ2n) is 10.6. The van der Waals surface area contributed by atoms with Gasteiger partial charge in [0.2, 0.25) is 5.91 Å². The topological polar surface area (TPSA) is 79.5 Å². The van der Waals surface area contributed by atoms with Crippen LogP contribution in [-0.2, 0) is 16.1 Å². The summed E-state index contributed by atoms with van der Waals surface area (Å²) in [5, 5.41) is 14.4. The third kappa shape index (κ3) is 2.07. The van der Waals surface area contributed by atoms with Gasteiger partial charge in [-0.25, -0.2) is 0 Å². The summed E-state index contributed by atoms with van der Waals surface area (Å²) in [6.07, 6.45) is 8.36. The highest BCUT2D eigenvalue weighted by Crippen LogP contribution is 2.75. The van der Waals surface area contributed by atoms with Gasteiger partial charge in [0.05, 0.1) is 24.3 Å². The van der Waals surface area contributed by atoms with Gasteiger partial charge in [0.25, 0.3) is 0 Å². The molecule has 2 bridgehead atoms. The van der Waals surface area contributed by atoms with Gasteiger partial charge in [-0.05, 0) is 67.1 Å². The number of Topliss-reactive ketones (excluding diaryl/α,β-unsaturated/α-hetero) is 1. The lowest BCUT2D eigenvalue weighted by Crippen LogP contribution is -2.58. The van der Waals surface area contributed by atoms with Crippen molar-refractivity contribution in [2.45, 2.75) is 57.6 Å². The van der Waals surface area contributed by atoms with Crippen LogP contribution in [0.2, 0.25) is 0 Å². The van der Waals surface area contributed by atoms with Crippen LogP contribution in [0.25, 0.3) is 0 Å². The maximum absolute atomic E-state index is 13.8. The minimum atomic E-state index is -0.867. The molecule has 5 heteroatoms. The lowest BCUT2D eigenvalue weighted by molar-refractivity contribution is -0.155. The highest BCUT2D eigenvalue weighted by Gasteiger charge is 2.74. The number of hydrogen-bond donors (Lipinski definition) is 2. The Hall–Kier alpha value is -2.14. The monoisotopic (exact) mass is 407 g/mol. The van der Waals surface area contributed by atoms with E-state index in [0.29, 0.717) is 43.9 Å². The number of ketones is 1. The van der Waals surface area contributed by atoms with Gasteiger partial charge in [-0.15, -0.1) is 0 Å². The first-order chi connectivity index (χ1) is 14.3. The van der Waals surface area contributed by atoms with Crippen molar-refractivity contribution >= 4 is 11.7 Å². The van der Waals surface area contributed by atoms with Crippen LogP contribution >= 0.6 is 0 Å². The number of aliphatic hydroxyl groups is 1. The Morgan fingerprint density at radius 2 is 2.27 bits per heavy atom. The molecule has 1 heterocycles. The molecule has 5 aliphatic rings. The molecular weight excluding hydrogens is 378 g/mol. The van der Waals surface area contributed by atoms with Gasteiger partial charge in [-0.2, -0.15) is 0 Å². The molecule has 1 aromatic rings. The second kappa shape index (κ2) is 5.76. The van der Waals surface area contributed by atoms with Crippen molar-refractivity contribution < 1.29 is 19.1 Å². The Balaban J connectivity index is 1.44. The molecule has 30 heavy (non-hydrogen) atoms. The SMILES string of the molecule is C=C1C[C@]23C[C@@]1(O)CC[C@H]2C1=CC[C@@H]2CC(=O)[C@@]2(C)C1[C@@H]3C(=O)NCc1ccco1. The van der Waals surface area contributed by atoms with Gasteiger partial charge in [0.15, 0.2) is 0 Å². The van der Waals surface area contributed by atoms with Crippen molar-refractivity contribution in [2.75, 3.05) is 0 Å². The number of nitrogens with one attached hydrogen (secondary N) is 1. The normalized spacial score (nSPS) is 45.9. The van der Waals surface area contributed by atoms with E-state index in [9.17, 15) is 14.7 Å². The zero-order chi connectivity index (χ0) is 20.9. The predicted molar refractivity (Wildman–Crippen MR) is 110 cm³/mol. The minimum absolute atomic E-state index is 0.00896. The van der Waals surface area contributed by atoms with E-state index in [0.717, 1.165) is 24.2 Å². The molecule has 0 aliphatic heterocycles. The van der Waals surface area contributed by atoms with Gasteiger partial charge in [0.1, 0.15) is 11.5 Å². The van der Waals surface area contributed by atoms with Crippen molar-refractivity contribution in [3.05, 3.63) is 48.0 Å². The Morgan fingerprint density at radius 3 is 3.00 bits per heavy atom. The molecule has 1 aromatic heterocycles. The van der Waals surface area contributed by atoms with Crippen LogP contribution in [0, 0.1) is 34.5 Å². The van der Waals surface area contributed by atoms with Gasteiger partial charge < -0.3 is 14.8 Å². The van der Waals surface area contributed by atoms with Gasteiger partial charge in [0, 0.05) is 17.8 Å². The Kier molecular flexibility index (Phi) is 3.57. The fourth-order valence-corrected chi connectivity index (χ4v) is 8.01. The average molecular weight is 408 g/mol. The molecule has 0 aromatic carbocycles. The number of allylic oxidation sites excluding steroid dienone is 2. The maximum Gasteiger partial charge on any atom is 0.224 e. The molecule has 5 nitrogen and oxygen atoms in total. The van der Waals surface area contributed by atoms with E-state index >= 15 is 0 Å². The summed E-state index contributed by atoms with van der Waals surface area (Å²) in [4.78, 5) is 26.7. The van der Waals surface area contributed by atoms with Crippen LogP contribution < -0.4 is 5.32 Å². The molecule has 0 saturated heterocycles. The summed E-state index contributed by atoms with van der Waals surface area (Å²) in [6.45, 7) is 6.66. The molecule has 5 aliphatic carbocycles. The van der Waals surface area contributed by atoms with E-state index in [4.69, 9.17) is 4.42 Å². The molecule has 2 N–H and O–H groups in total. The predicted octanol–water partition coefficient (Wildman–Crippen LogP) is 3.54.